The number of rotatable bonds is 7. The van der Waals surface area contributed by atoms with E-state index in [1.165, 1.54) is 10.7 Å². The van der Waals surface area contributed by atoms with E-state index >= 15 is 0 Å². The molecule has 2 aromatic heterocycles. The van der Waals surface area contributed by atoms with E-state index < -0.39 is 29.2 Å². The Morgan fingerprint density at radius 1 is 1.52 bits per heavy atom. The van der Waals surface area contributed by atoms with Gasteiger partial charge in [0.25, 0.3) is 0 Å². The highest BCUT2D eigenvalue weighted by Crippen LogP contribution is 2.43. The molecule has 1 aliphatic heterocycles. The van der Waals surface area contributed by atoms with Gasteiger partial charge in [-0.1, -0.05) is 5.11 Å². The first-order valence-corrected chi connectivity index (χ1v) is 10.2. The van der Waals surface area contributed by atoms with Gasteiger partial charge >= 0.3 is 5.97 Å². The van der Waals surface area contributed by atoms with Gasteiger partial charge in [0.05, 0.1) is 31.0 Å². The fourth-order valence-electron chi connectivity index (χ4n) is 3.87. The van der Waals surface area contributed by atoms with Crippen LogP contribution in [0.1, 0.15) is 48.3 Å². The van der Waals surface area contributed by atoms with Crippen molar-refractivity contribution in [1.29, 1.82) is 0 Å². The zero-order chi connectivity index (χ0) is 23.8. The van der Waals surface area contributed by atoms with Gasteiger partial charge in [0, 0.05) is 23.1 Å². The lowest BCUT2D eigenvalue weighted by atomic mass is 9.96. The third kappa shape index (κ3) is 4.12. The summed E-state index contributed by atoms with van der Waals surface area (Å²) in [5.41, 5.74) is 8.64. The minimum atomic E-state index is -1.04. The summed E-state index contributed by atoms with van der Waals surface area (Å²) in [5.74, 6) is -2.08. The van der Waals surface area contributed by atoms with Crippen molar-refractivity contribution in [3.8, 4) is 5.75 Å². The first-order valence-electron chi connectivity index (χ1n) is 10.2. The van der Waals surface area contributed by atoms with Gasteiger partial charge < -0.3 is 14.8 Å². The molecule has 4 rings (SSSR count). The molecule has 0 aliphatic carbocycles. The van der Waals surface area contributed by atoms with Crippen molar-refractivity contribution in [1.82, 2.24) is 14.6 Å². The monoisotopic (exact) mass is 457 g/mol. The van der Waals surface area contributed by atoms with Crippen LogP contribution in [0, 0.1) is 11.6 Å². The normalized spacial score (nSPS) is 17.7. The Labute approximate surface area is 187 Å². The van der Waals surface area contributed by atoms with Crippen LogP contribution in [0.4, 0.5) is 14.6 Å². The molecule has 2 unspecified atom stereocenters. The van der Waals surface area contributed by atoms with Crippen LogP contribution in [0.15, 0.2) is 29.6 Å². The average Bonchev–Trinajstić information content (AvgIpc) is 3.33. The number of anilines is 1. The number of esters is 1. The second-order valence-corrected chi connectivity index (χ2v) is 7.92. The van der Waals surface area contributed by atoms with Gasteiger partial charge in [-0.25, -0.2) is 23.1 Å². The van der Waals surface area contributed by atoms with Crippen molar-refractivity contribution in [2.75, 3.05) is 18.5 Å². The number of nitrogens with zero attached hydrogens (tertiary/aromatic N) is 6. The van der Waals surface area contributed by atoms with Crippen molar-refractivity contribution >= 4 is 17.4 Å². The standard InChI is InChI=1S/C21H21F2N7O3/c1-4-32-20(31)13-9-26-30-6-5-15(28-19(13)30)27-11(2)16-17(23)14(22)7-12-8-21(3,10-25-29-24)33-18(12)16/h5-7,9,11H,4,8,10H2,1-3H3,(H,27,28). The van der Waals surface area contributed by atoms with Gasteiger partial charge in [-0.2, -0.15) is 5.10 Å². The molecule has 12 heteroatoms. The highest BCUT2D eigenvalue weighted by atomic mass is 19.2. The molecule has 0 spiro atoms. The molecule has 3 aromatic rings. The second kappa shape index (κ2) is 8.55. The predicted molar refractivity (Wildman–Crippen MR) is 114 cm³/mol. The quantitative estimate of drug-likeness (QED) is 0.243. The number of hydrogen-bond donors (Lipinski definition) is 1. The summed E-state index contributed by atoms with van der Waals surface area (Å²) in [6.07, 6.45) is 3.20. The molecule has 1 N–H and O–H groups in total. The molecule has 3 heterocycles. The lowest BCUT2D eigenvalue weighted by Gasteiger charge is -2.23. The van der Waals surface area contributed by atoms with E-state index in [2.05, 4.69) is 25.4 Å². The Bertz CT molecular complexity index is 1290. The number of carbonyl (C=O) groups excluding carboxylic acids is 1. The fraction of sp³-hybridized carbons (Fsp3) is 0.381. The van der Waals surface area contributed by atoms with Crippen LogP contribution in [0.25, 0.3) is 16.1 Å². The van der Waals surface area contributed by atoms with Crippen molar-refractivity contribution in [3.05, 3.63) is 63.3 Å². The van der Waals surface area contributed by atoms with Gasteiger partial charge in [-0.3, -0.25) is 0 Å². The molecular formula is C21H21F2N7O3. The number of benzene rings is 1. The molecule has 0 saturated heterocycles. The number of ether oxygens (including phenoxy) is 2. The minimum absolute atomic E-state index is 0.00420. The molecule has 1 aliphatic rings. The number of aromatic nitrogens is 3. The van der Waals surface area contributed by atoms with Crippen LogP contribution in [-0.4, -0.2) is 39.3 Å². The maximum atomic E-state index is 14.9. The van der Waals surface area contributed by atoms with Crippen molar-refractivity contribution in [3.63, 3.8) is 0 Å². The molecule has 10 nitrogen and oxygen atoms in total. The Morgan fingerprint density at radius 2 is 2.30 bits per heavy atom. The lowest BCUT2D eigenvalue weighted by molar-refractivity contribution is 0.0528. The lowest BCUT2D eigenvalue weighted by Crippen LogP contribution is -2.33. The predicted octanol–water partition coefficient (Wildman–Crippen LogP) is 4.36. The molecule has 0 bridgehead atoms. The fourth-order valence-corrected chi connectivity index (χ4v) is 3.87. The smallest absolute Gasteiger partial charge is 0.343 e. The number of carbonyl (C=O) groups is 1. The third-order valence-electron chi connectivity index (χ3n) is 5.33. The van der Waals surface area contributed by atoms with E-state index in [-0.39, 0.29) is 42.1 Å². The molecule has 0 saturated carbocycles. The number of hydrogen-bond acceptors (Lipinski definition) is 7. The van der Waals surface area contributed by atoms with E-state index in [9.17, 15) is 13.6 Å². The van der Waals surface area contributed by atoms with Gasteiger partial charge in [0.2, 0.25) is 0 Å². The summed E-state index contributed by atoms with van der Waals surface area (Å²) >= 11 is 0. The van der Waals surface area contributed by atoms with Crippen LogP contribution in [-0.2, 0) is 11.2 Å². The zero-order valence-corrected chi connectivity index (χ0v) is 18.2. The van der Waals surface area contributed by atoms with Crippen LogP contribution >= 0.6 is 0 Å². The minimum Gasteiger partial charge on any atom is -0.486 e. The Kier molecular flexibility index (Phi) is 5.77. The van der Waals surface area contributed by atoms with Crippen LogP contribution in [0.5, 0.6) is 5.75 Å². The van der Waals surface area contributed by atoms with E-state index in [0.717, 1.165) is 6.07 Å². The maximum Gasteiger partial charge on any atom is 0.343 e. The van der Waals surface area contributed by atoms with Crippen molar-refractivity contribution in [2.24, 2.45) is 5.11 Å². The van der Waals surface area contributed by atoms with Gasteiger partial charge in [0.15, 0.2) is 17.3 Å². The summed E-state index contributed by atoms with van der Waals surface area (Å²) < 4.78 is 41.7. The number of azide groups is 1. The van der Waals surface area contributed by atoms with Crippen LogP contribution in [0.2, 0.25) is 0 Å². The van der Waals surface area contributed by atoms with Gasteiger partial charge in [-0.05, 0) is 38.4 Å². The Hall–Kier alpha value is -3.92. The molecule has 0 fully saturated rings. The van der Waals surface area contributed by atoms with E-state index in [1.807, 2.05) is 0 Å². The Morgan fingerprint density at radius 3 is 3.03 bits per heavy atom. The summed E-state index contributed by atoms with van der Waals surface area (Å²) in [5, 5.41) is 10.7. The first-order chi connectivity index (χ1) is 15.8. The second-order valence-electron chi connectivity index (χ2n) is 7.92. The Balaban J connectivity index is 1.67. The average molecular weight is 457 g/mol. The molecular weight excluding hydrogens is 436 g/mol. The number of halogens is 2. The summed E-state index contributed by atoms with van der Waals surface area (Å²) in [6.45, 7) is 5.26. The SMILES string of the molecule is CCOC(=O)c1cnn2ccc(NC(C)c3c(F)c(F)cc4c3OC(C)(CN=[N+]=[N-])C4)nc12. The van der Waals surface area contributed by atoms with E-state index in [0.29, 0.717) is 11.4 Å². The van der Waals surface area contributed by atoms with Crippen molar-refractivity contribution in [2.45, 2.75) is 38.8 Å². The molecule has 1 aromatic carbocycles. The third-order valence-corrected chi connectivity index (χ3v) is 5.33. The highest BCUT2D eigenvalue weighted by molar-refractivity contribution is 5.95. The summed E-state index contributed by atoms with van der Waals surface area (Å²) in [7, 11) is 0. The van der Waals surface area contributed by atoms with Crippen LogP contribution in [0.3, 0.4) is 0 Å². The molecule has 2 atom stereocenters. The summed E-state index contributed by atoms with van der Waals surface area (Å²) in [6, 6.07) is 1.94. The molecule has 0 amide bonds. The molecule has 172 valence electrons. The maximum absolute atomic E-state index is 14.9. The van der Waals surface area contributed by atoms with Crippen LogP contribution < -0.4 is 10.1 Å². The molecule has 0 radical (unpaired) electrons. The van der Waals surface area contributed by atoms with E-state index in [1.54, 1.807) is 33.0 Å². The first kappa shape index (κ1) is 22.3. The van der Waals surface area contributed by atoms with E-state index in [4.69, 9.17) is 15.0 Å². The van der Waals surface area contributed by atoms with Crippen molar-refractivity contribution < 1.29 is 23.0 Å². The van der Waals surface area contributed by atoms with Gasteiger partial charge in [0.1, 0.15) is 22.7 Å². The zero-order valence-electron chi connectivity index (χ0n) is 18.2. The summed E-state index contributed by atoms with van der Waals surface area (Å²) in [4.78, 5) is 19.3. The van der Waals surface area contributed by atoms with Gasteiger partial charge in [-0.15, -0.1) is 0 Å². The number of nitrogens with one attached hydrogen (secondary N) is 1. The largest absolute Gasteiger partial charge is 0.486 e. The molecule has 33 heavy (non-hydrogen) atoms. The number of fused-ring (bicyclic) bond motifs is 2. The topological polar surface area (TPSA) is 127 Å². The highest BCUT2D eigenvalue weighted by Gasteiger charge is 2.39.